The Morgan fingerprint density at radius 1 is 1.10 bits per heavy atom. The van der Waals surface area contributed by atoms with E-state index >= 15 is 0 Å². The van der Waals surface area contributed by atoms with Gasteiger partial charge < -0.3 is 19.5 Å². The maximum absolute atomic E-state index is 11.8. The molecular weight excluding hydrogens is 520 g/mol. The van der Waals surface area contributed by atoms with Gasteiger partial charge in [0.1, 0.15) is 5.52 Å². The number of ether oxygens (including phenoxy) is 1. The second-order valence-corrected chi connectivity index (χ2v) is 12.7. The zero-order valence-electron chi connectivity index (χ0n) is 24.1. The van der Waals surface area contributed by atoms with Crippen LogP contribution in [-0.2, 0) is 11.3 Å². The number of nitrogens with zero attached hydrogens (tertiary/aromatic N) is 6. The third kappa shape index (κ3) is 5.17. The summed E-state index contributed by atoms with van der Waals surface area (Å²) in [7, 11) is 0. The van der Waals surface area contributed by atoms with Crippen LogP contribution >= 0.6 is 0 Å². The highest BCUT2D eigenvalue weighted by Crippen LogP contribution is 2.39. The van der Waals surface area contributed by atoms with E-state index in [9.17, 15) is 4.79 Å². The smallest absolute Gasteiger partial charge is 0.381 e. The second kappa shape index (κ2) is 11.2. The van der Waals surface area contributed by atoms with Gasteiger partial charge >= 0.3 is 5.76 Å². The molecule has 2 aliphatic carbocycles. The van der Waals surface area contributed by atoms with Crippen molar-refractivity contribution >= 4 is 22.9 Å². The Bertz CT molecular complexity index is 1430. The Labute approximate surface area is 240 Å². The van der Waals surface area contributed by atoms with Crippen LogP contribution in [0.3, 0.4) is 0 Å². The lowest BCUT2D eigenvalue weighted by atomic mass is 9.80. The van der Waals surface area contributed by atoms with Gasteiger partial charge in [-0.05, 0) is 82.5 Å². The lowest BCUT2D eigenvalue weighted by Crippen LogP contribution is -2.50. The molecule has 4 aliphatic rings. The van der Waals surface area contributed by atoms with Crippen LogP contribution in [0, 0.1) is 23.7 Å². The molecule has 4 fully saturated rings. The maximum atomic E-state index is 11.8. The SMILES string of the molecule is C=C[C@H]1CC[C@H](Cn2c(N3CCCC4COCCC43)nc3nc(-c4noc(=O)[nH]4)nc(N[C@H](C)C4CCC4)c32)CC1. The molecule has 0 spiro atoms. The zero-order chi connectivity index (χ0) is 27.9. The molecule has 3 aromatic heterocycles. The normalized spacial score (nSPS) is 27.8. The summed E-state index contributed by atoms with van der Waals surface area (Å²) in [5.74, 6) is 3.97. The van der Waals surface area contributed by atoms with Crippen LogP contribution in [0.15, 0.2) is 22.0 Å². The lowest BCUT2D eigenvalue weighted by molar-refractivity contribution is 0.0278. The number of hydrogen-bond donors (Lipinski definition) is 2. The van der Waals surface area contributed by atoms with Crippen molar-refractivity contribution in [2.45, 2.75) is 89.8 Å². The highest BCUT2D eigenvalue weighted by molar-refractivity contribution is 5.87. The summed E-state index contributed by atoms with van der Waals surface area (Å²) in [4.78, 5) is 32.0. The molecule has 2 unspecified atom stereocenters. The number of aromatic amines is 1. The largest absolute Gasteiger partial charge is 0.439 e. The summed E-state index contributed by atoms with van der Waals surface area (Å²) in [6, 6.07) is 0.671. The number of aromatic nitrogens is 6. The van der Waals surface area contributed by atoms with E-state index in [4.69, 9.17) is 24.2 Å². The van der Waals surface area contributed by atoms with Crippen LogP contribution in [0.5, 0.6) is 0 Å². The number of nitrogens with one attached hydrogen (secondary N) is 2. The number of piperidine rings is 1. The Kier molecular flexibility index (Phi) is 7.30. The van der Waals surface area contributed by atoms with Crippen LogP contribution in [0.1, 0.15) is 71.1 Å². The minimum absolute atomic E-state index is 0.220. The van der Waals surface area contributed by atoms with Crippen molar-refractivity contribution in [3.8, 4) is 11.6 Å². The molecule has 11 heteroatoms. The van der Waals surface area contributed by atoms with Crippen LogP contribution in [-0.4, -0.2) is 61.5 Å². The Hall–Kier alpha value is -3.21. The third-order valence-corrected chi connectivity index (χ3v) is 10.2. The number of hydrogen-bond acceptors (Lipinski definition) is 9. The van der Waals surface area contributed by atoms with Gasteiger partial charge in [0.15, 0.2) is 11.5 Å². The summed E-state index contributed by atoms with van der Waals surface area (Å²) in [6.45, 7) is 9.76. The van der Waals surface area contributed by atoms with Gasteiger partial charge in [0.05, 0.1) is 6.61 Å². The number of fused-ring (bicyclic) bond motifs is 2. The molecule has 41 heavy (non-hydrogen) atoms. The summed E-state index contributed by atoms with van der Waals surface area (Å²) in [6.07, 6.45) is 13.9. The first-order valence-electron chi connectivity index (χ1n) is 15.7. The average Bonchev–Trinajstić information content (AvgIpc) is 3.56. The molecule has 0 radical (unpaired) electrons. The van der Waals surface area contributed by atoms with Crippen molar-refractivity contribution in [1.82, 2.24) is 29.7 Å². The number of allylic oxidation sites excluding steroid dienone is 1. The van der Waals surface area contributed by atoms with Crippen molar-refractivity contribution < 1.29 is 9.26 Å². The quantitative estimate of drug-likeness (QED) is 0.373. The number of imidazole rings is 1. The molecule has 2 aliphatic heterocycles. The van der Waals surface area contributed by atoms with Crippen LogP contribution in [0.25, 0.3) is 22.8 Å². The molecule has 3 aromatic rings. The van der Waals surface area contributed by atoms with Crippen molar-refractivity contribution in [3.63, 3.8) is 0 Å². The molecule has 11 nitrogen and oxygen atoms in total. The summed E-state index contributed by atoms with van der Waals surface area (Å²) >= 11 is 0. The Morgan fingerprint density at radius 3 is 2.68 bits per heavy atom. The fraction of sp³-hybridized carbons (Fsp3) is 0.700. The van der Waals surface area contributed by atoms with E-state index in [0.717, 1.165) is 56.4 Å². The highest BCUT2D eigenvalue weighted by atomic mass is 16.5. The lowest BCUT2D eigenvalue weighted by Gasteiger charge is -2.44. The molecular formula is C30H42N8O3. The van der Waals surface area contributed by atoms with Gasteiger partial charge in [-0.15, -0.1) is 6.58 Å². The van der Waals surface area contributed by atoms with Gasteiger partial charge in [-0.25, -0.2) is 14.8 Å². The van der Waals surface area contributed by atoms with Crippen molar-refractivity contribution in [2.24, 2.45) is 23.7 Å². The number of anilines is 2. The van der Waals surface area contributed by atoms with Gasteiger partial charge in [-0.1, -0.05) is 17.7 Å². The topological polar surface area (TPSA) is 127 Å². The van der Waals surface area contributed by atoms with Gasteiger partial charge in [-0.2, -0.15) is 4.98 Å². The van der Waals surface area contributed by atoms with E-state index in [0.29, 0.717) is 41.2 Å². The maximum Gasteiger partial charge on any atom is 0.439 e. The van der Waals surface area contributed by atoms with Gasteiger partial charge in [0, 0.05) is 37.7 Å². The Balaban J connectivity index is 1.35. The van der Waals surface area contributed by atoms with Crippen LogP contribution in [0.4, 0.5) is 11.8 Å². The van der Waals surface area contributed by atoms with E-state index < -0.39 is 5.76 Å². The third-order valence-electron chi connectivity index (χ3n) is 10.2. The minimum atomic E-state index is -0.624. The van der Waals surface area contributed by atoms with Crippen molar-refractivity contribution in [3.05, 3.63) is 23.2 Å². The molecule has 0 aromatic carbocycles. The molecule has 2 N–H and O–H groups in total. The standard InChI is InChI=1S/C30H42N8O3/c1-3-19-9-11-20(12-10-19)16-38-24-25(31-18(2)21-6-4-7-21)32-27(28-35-30(39)41-36-28)33-26(24)34-29(38)37-14-5-8-22-17-40-15-13-23(22)37/h3,18-23H,1,4-17H2,2H3,(H,31,32,33)(H,35,36,39)/t18-,19-,20-,22?,23?/m1/s1. The summed E-state index contributed by atoms with van der Waals surface area (Å²) in [5.41, 5.74) is 1.58. The van der Waals surface area contributed by atoms with Crippen molar-refractivity contribution in [2.75, 3.05) is 30.0 Å². The molecule has 2 saturated carbocycles. The van der Waals surface area contributed by atoms with Gasteiger partial charge in [0.25, 0.3) is 0 Å². The van der Waals surface area contributed by atoms with E-state index in [1.54, 1.807) is 0 Å². The van der Waals surface area contributed by atoms with E-state index in [-0.39, 0.29) is 11.9 Å². The fourth-order valence-corrected chi connectivity index (χ4v) is 7.50. The fourth-order valence-electron chi connectivity index (χ4n) is 7.50. The number of H-pyrrole nitrogens is 1. The van der Waals surface area contributed by atoms with E-state index in [1.165, 1.54) is 51.4 Å². The van der Waals surface area contributed by atoms with E-state index in [1.807, 2.05) is 0 Å². The number of rotatable bonds is 8. The molecule has 0 bridgehead atoms. The average molecular weight is 563 g/mol. The molecule has 7 rings (SSSR count). The summed E-state index contributed by atoms with van der Waals surface area (Å²) < 4.78 is 13.1. The monoisotopic (exact) mass is 562 g/mol. The molecule has 220 valence electrons. The highest BCUT2D eigenvalue weighted by Gasteiger charge is 2.37. The molecule has 5 heterocycles. The second-order valence-electron chi connectivity index (χ2n) is 12.7. The van der Waals surface area contributed by atoms with Crippen LogP contribution in [0.2, 0.25) is 0 Å². The Morgan fingerprint density at radius 2 is 1.95 bits per heavy atom. The van der Waals surface area contributed by atoms with Gasteiger partial charge in [0.2, 0.25) is 17.6 Å². The molecule has 2 saturated heterocycles. The first kappa shape index (κ1) is 26.7. The van der Waals surface area contributed by atoms with E-state index in [2.05, 4.69) is 44.5 Å². The predicted molar refractivity (Wildman–Crippen MR) is 157 cm³/mol. The minimum Gasteiger partial charge on any atom is -0.381 e. The first-order valence-corrected chi connectivity index (χ1v) is 15.7. The van der Waals surface area contributed by atoms with Gasteiger partial charge in [-0.3, -0.25) is 9.51 Å². The first-order chi connectivity index (χ1) is 20.1. The van der Waals surface area contributed by atoms with Crippen molar-refractivity contribution in [1.29, 1.82) is 0 Å². The molecule has 3 atom stereocenters. The predicted octanol–water partition coefficient (Wildman–Crippen LogP) is 4.77. The summed E-state index contributed by atoms with van der Waals surface area (Å²) in [5, 5.41) is 7.65. The van der Waals surface area contributed by atoms with Crippen LogP contribution < -0.4 is 16.0 Å². The molecule has 0 amide bonds. The zero-order valence-corrected chi connectivity index (χ0v) is 24.1.